The minimum absolute atomic E-state index is 0.0397. The highest BCUT2D eigenvalue weighted by atomic mass is 16.2. The first-order valence-corrected chi connectivity index (χ1v) is 6.49. The quantitative estimate of drug-likeness (QED) is 0.908. The fourth-order valence-electron chi connectivity index (χ4n) is 2.02. The Balaban J connectivity index is 1.69. The van der Waals surface area contributed by atoms with Gasteiger partial charge in [-0.2, -0.15) is 5.10 Å². The van der Waals surface area contributed by atoms with Crippen LogP contribution >= 0.6 is 0 Å². The molecule has 3 rings (SSSR count). The van der Waals surface area contributed by atoms with Gasteiger partial charge < -0.3 is 5.32 Å². The number of carbonyl (C=O) groups is 1. The van der Waals surface area contributed by atoms with Crippen LogP contribution in [0.1, 0.15) is 31.4 Å². The molecule has 0 radical (unpaired) electrons. The molecule has 1 aliphatic rings. The molecule has 1 amide bonds. The van der Waals surface area contributed by atoms with E-state index in [-0.39, 0.29) is 17.9 Å². The number of nitrogens with one attached hydrogen (secondary N) is 1. The van der Waals surface area contributed by atoms with E-state index in [0.717, 1.165) is 24.1 Å². The van der Waals surface area contributed by atoms with Crippen molar-refractivity contribution in [3.8, 4) is 5.69 Å². The summed E-state index contributed by atoms with van der Waals surface area (Å²) in [5.74, 6) is 0.421. The number of nitrogens with zero attached hydrogens (tertiary/aromatic N) is 3. The van der Waals surface area contributed by atoms with E-state index >= 15 is 0 Å². The molecule has 2 aromatic rings. The molecule has 1 aromatic carbocycles. The summed E-state index contributed by atoms with van der Waals surface area (Å²) in [7, 11) is 0. The Morgan fingerprint density at radius 1 is 1.37 bits per heavy atom. The molecule has 0 aliphatic heterocycles. The molecule has 98 valence electrons. The maximum atomic E-state index is 11.7. The van der Waals surface area contributed by atoms with Gasteiger partial charge in [-0.25, -0.2) is 9.67 Å². The predicted octanol–water partition coefficient (Wildman–Crippen LogP) is 1.85. The molecule has 0 bridgehead atoms. The Morgan fingerprint density at radius 3 is 2.68 bits per heavy atom. The first-order valence-electron chi connectivity index (χ1n) is 6.49. The number of rotatable bonds is 4. The van der Waals surface area contributed by atoms with Crippen LogP contribution in [0, 0.1) is 5.92 Å². The Labute approximate surface area is 111 Å². The van der Waals surface area contributed by atoms with Gasteiger partial charge in [0.15, 0.2) is 0 Å². The van der Waals surface area contributed by atoms with Crippen LogP contribution in [0.4, 0.5) is 0 Å². The van der Waals surface area contributed by atoms with Crippen molar-refractivity contribution in [3.63, 3.8) is 0 Å². The van der Waals surface area contributed by atoms with Crippen molar-refractivity contribution in [1.82, 2.24) is 20.1 Å². The van der Waals surface area contributed by atoms with Crippen molar-refractivity contribution in [2.75, 3.05) is 0 Å². The van der Waals surface area contributed by atoms with Crippen LogP contribution in [-0.2, 0) is 4.79 Å². The van der Waals surface area contributed by atoms with Gasteiger partial charge in [-0.3, -0.25) is 4.79 Å². The highest BCUT2D eigenvalue weighted by molar-refractivity contribution is 5.81. The normalized spacial score (nSPS) is 16.1. The van der Waals surface area contributed by atoms with Crippen LogP contribution in [0.2, 0.25) is 0 Å². The summed E-state index contributed by atoms with van der Waals surface area (Å²) in [4.78, 5) is 15.6. The molecule has 1 saturated carbocycles. The lowest BCUT2D eigenvalue weighted by Crippen LogP contribution is -2.27. The van der Waals surface area contributed by atoms with Crippen molar-refractivity contribution in [2.24, 2.45) is 5.92 Å². The van der Waals surface area contributed by atoms with Gasteiger partial charge in [-0.05, 0) is 37.5 Å². The fraction of sp³-hybridized carbons (Fsp3) is 0.357. The lowest BCUT2D eigenvalue weighted by molar-refractivity contribution is -0.122. The summed E-state index contributed by atoms with van der Waals surface area (Å²) in [5.41, 5.74) is 2.06. The Bertz CT molecular complexity index is 558. The highest BCUT2D eigenvalue weighted by Gasteiger charge is 2.30. The van der Waals surface area contributed by atoms with Crippen LogP contribution in [0.15, 0.2) is 36.9 Å². The Hall–Kier alpha value is -2.17. The first kappa shape index (κ1) is 11.9. The Kier molecular flexibility index (Phi) is 3.03. The standard InChI is InChI=1S/C14H16N4O/c1-10(17-14(19)12-2-3-12)11-4-6-13(7-5-11)18-9-15-8-16-18/h4-10,12H,2-3H2,1H3,(H,17,19)/t10-/m1/s1. The lowest BCUT2D eigenvalue weighted by Gasteiger charge is -2.14. The highest BCUT2D eigenvalue weighted by Crippen LogP contribution is 2.29. The molecule has 1 fully saturated rings. The van der Waals surface area contributed by atoms with Crippen LogP contribution in [0.5, 0.6) is 0 Å². The third kappa shape index (κ3) is 2.65. The molecule has 1 N–H and O–H groups in total. The number of aromatic nitrogens is 3. The largest absolute Gasteiger partial charge is 0.349 e. The topological polar surface area (TPSA) is 59.8 Å². The molecule has 19 heavy (non-hydrogen) atoms. The summed E-state index contributed by atoms with van der Waals surface area (Å²) in [6.07, 6.45) is 5.23. The van der Waals surface area contributed by atoms with Crippen molar-refractivity contribution in [3.05, 3.63) is 42.5 Å². The second-order valence-corrected chi connectivity index (χ2v) is 4.94. The predicted molar refractivity (Wildman–Crippen MR) is 70.6 cm³/mol. The number of benzene rings is 1. The van der Waals surface area contributed by atoms with Crippen LogP contribution < -0.4 is 5.32 Å². The van der Waals surface area contributed by atoms with E-state index in [2.05, 4.69) is 15.4 Å². The van der Waals surface area contributed by atoms with Gasteiger partial charge in [0.1, 0.15) is 12.7 Å². The van der Waals surface area contributed by atoms with Crippen molar-refractivity contribution >= 4 is 5.91 Å². The third-order valence-electron chi connectivity index (χ3n) is 3.38. The maximum absolute atomic E-state index is 11.7. The number of hydrogen-bond donors (Lipinski definition) is 1. The summed E-state index contributed by atoms with van der Waals surface area (Å²) in [6, 6.07) is 8.01. The minimum Gasteiger partial charge on any atom is -0.349 e. The van der Waals surface area contributed by atoms with Crippen LogP contribution in [0.25, 0.3) is 5.69 Å². The average Bonchev–Trinajstić information content (AvgIpc) is 3.14. The van der Waals surface area contributed by atoms with Crippen LogP contribution in [0.3, 0.4) is 0 Å². The molecule has 1 heterocycles. The van der Waals surface area contributed by atoms with Gasteiger partial charge in [0.2, 0.25) is 5.91 Å². The van der Waals surface area contributed by atoms with E-state index in [1.807, 2.05) is 31.2 Å². The van der Waals surface area contributed by atoms with Gasteiger partial charge in [0, 0.05) is 5.92 Å². The van der Waals surface area contributed by atoms with Gasteiger partial charge >= 0.3 is 0 Å². The summed E-state index contributed by atoms with van der Waals surface area (Å²) >= 11 is 0. The van der Waals surface area contributed by atoms with E-state index in [1.165, 1.54) is 6.33 Å². The molecule has 5 nitrogen and oxygen atoms in total. The van der Waals surface area contributed by atoms with Gasteiger partial charge in [0.25, 0.3) is 0 Å². The molecule has 1 aromatic heterocycles. The number of hydrogen-bond acceptors (Lipinski definition) is 3. The zero-order valence-electron chi connectivity index (χ0n) is 10.8. The summed E-state index contributed by atoms with van der Waals surface area (Å²) in [5, 5.41) is 7.12. The van der Waals surface area contributed by atoms with Gasteiger partial charge in [0.05, 0.1) is 11.7 Å². The monoisotopic (exact) mass is 256 g/mol. The smallest absolute Gasteiger partial charge is 0.223 e. The van der Waals surface area contributed by atoms with E-state index < -0.39 is 0 Å². The summed E-state index contributed by atoms with van der Waals surface area (Å²) < 4.78 is 1.71. The number of carbonyl (C=O) groups excluding carboxylic acids is 1. The molecule has 5 heteroatoms. The first-order chi connectivity index (χ1) is 9.24. The molecule has 0 unspecified atom stereocenters. The van der Waals surface area contributed by atoms with Crippen LogP contribution in [-0.4, -0.2) is 20.7 Å². The molecular weight excluding hydrogens is 240 g/mol. The fourth-order valence-corrected chi connectivity index (χ4v) is 2.02. The zero-order valence-corrected chi connectivity index (χ0v) is 10.8. The number of amides is 1. The van der Waals surface area contributed by atoms with Gasteiger partial charge in [-0.15, -0.1) is 0 Å². The lowest BCUT2D eigenvalue weighted by atomic mass is 10.1. The van der Waals surface area contributed by atoms with E-state index in [0.29, 0.717) is 0 Å². The van der Waals surface area contributed by atoms with Crippen molar-refractivity contribution in [1.29, 1.82) is 0 Å². The molecular formula is C14H16N4O. The van der Waals surface area contributed by atoms with Crippen molar-refractivity contribution < 1.29 is 4.79 Å². The second kappa shape index (κ2) is 4.84. The molecule has 0 saturated heterocycles. The van der Waals surface area contributed by atoms with Crippen molar-refractivity contribution in [2.45, 2.75) is 25.8 Å². The SMILES string of the molecule is C[C@@H](NC(=O)C1CC1)c1ccc(-n2cncn2)cc1. The minimum atomic E-state index is 0.0397. The van der Waals surface area contributed by atoms with E-state index in [1.54, 1.807) is 11.0 Å². The van der Waals surface area contributed by atoms with E-state index in [4.69, 9.17) is 0 Å². The molecule has 1 atom stereocenters. The summed E-state index contributed by atoms with van der Waals surface area (Å²) in [6.45, 7) is 2.00. The average molecular weight is 256 g/mol. The Morgan fingerprint density at radius 2 is 2.11 bits per heavy atom. The van der Waals surface area contributed by atoms with E-state index in [9.17, 15) is 4.79 Å². The second-order valence-electron chi connectivity index (χ2n) is 4.94. The molecule has 1 aliphatic carbocycles. The third-order valence-corrected chi connectivity index (χ3v) is 3.38. The maximum Gasteiger partial charge on any atom is 0.223 e. The van der Waals surface area contributed by atoms with Gasteiger partial charge in [-0.1, -0.05) is 12.1 Å². The molecule has 0 spiro atoms. The zero-order chi connectivity index (χ0) is 13.2.